The van der Waals surface area contributed by atoms with Crippen LogP contribution in [-0.2, 0) is 5.75 Å². The lowest BCUT2D eigenvalue weighted by molar-refractivity contribution is 1.34. The molecule has 4 heteroatoms. The van der Waals surface area contributed by atoms with Crippen molar-refractivity contribution in [3.8, 4) is 0 Å². The van der Waals surface area contributed by atoms with Gasteiger partial charge in [-0.15, -0.1) is 0 Å². The second-order valence-electron chi connectivity index (χ2n) is 5.10. The van der Waals surface area contributed by atoms with Crippen molar-refractivity contribution in [1.29, 1.82) is 0 Å². The molecule has 0 spiro atoms. The molecule has 0 fully saturated rings. The maximum Gasteiger partial charge on any atom is 0.0450 e. The van der Waals surface area contributed by atoms with Gasteiger partial charge < -0.3 is 0 Å². The summed E-state index contributed by atoms with van der Waals surface area (Å²) in [5.74, 6) is 2.18. The first-order chi connectivity index (χ1) is 7.38. The third-order valence-corrected chi connectivity index (χ3v) is 5.99. The van der Waals surface area contributed by atoms with Gasteiger partial charge in [-0.1, -0.05) is 42.8 Å². The predicted molar refractivity (Wildman–Crippen MR) is 80.8 cm³/mol. The molecule has 0 saturated carbocycles. The third-order valence-electron chi connectivity index (χ3n) is 2.26. The molecule has 0 aromatic heterocycles. The van der Waals surface area contributed by atoms with Gasteiger partial charge >= 0.3 is 0 Å². The van der Waals surface area contributed by atoms with E-state index in [2.05, 4.69) is 19.6 Å². The Hall–Kier alpha value is 0.367. The quantitative estimate of drug-likeness (QED) is 0.505. The molecule has 0 heterocycles. The van der Waals surface area contributed by atoms with Crippen molar-refractivity contribution in [3.63, 3.8) is 0 Å². The maximum atomic E-state index is 6.10. The molecule has 0 amide bonds. The zero-order valence-electron chi connectivity index (χ0n) is 10.0. The van der Waals surface area contributed by atoms with E-state index in [9.17, 15) is 0 Å². The van der Waals surface area contributed by atoms with E-state index in [1.54, 1.807) is 0 Å². The van der Waals surface area contributed by atoms with Crippen LogP contribution in [0.15, 0.2) is 18.2 Å². The molecule has 0 saturated heterocycles. The highest BCUT2D eigenvalue weighted by molar-refractivity contribution is 7.98. The topological polar surface area (TPSA) is 0 Å². The number of hydrogen-bond donors (Lipinski definition) is 0. The largest absolute Gasteiger partial charge is 0.157 e. The summed E-state index contributed by atoms with van der Waals surface area (Å²) in [6.07, 6.45) is 0. The molecule has 0 aliphatic rings. The summed E-state index contributed by atoms with van der Waals surface area (Å²) < 4.78 is 0. The molecule has 1 aromatic rings. The number of thioether (sulfide) groups is 1. The van der Waals surface area contributed by atoms with E-state index < -0.39 is 8.07 Å². The van der Waals surface area contributed by atoms with Gasteiger partial charge in [-0.2, -0.15) is 11.8 Å². The van der Waals surface area contributed by atoms with Crippen LogP contribution in [0, 0.1) is 0 Å². The number of hydrogen-bond acceptors (Lipinski definition) is 1. The third kappa shape index (κ3) is 5.62. The lowest BCUT2D eigenvalue weighted by atomic mass is 10.2. The first-order valence-corrected chi connectivity index (χ1v) is 11.0. The highest BCUT2D eigenvalue weighted by Gasteiger charge is 2.12. The van der Waals surface area contributed by atoms with Crippen LogP contribution in [0.25, 0.3) is 0 Å². The minimum absolute atomic E-state index is 0.769. The van der Waals surface area contributed by atoms with Crippen molar-refractivity contribution in [2.75, 3.05) is 5.75 Å². The van der Waals surface area contributed by atoms with Crippen LogP contribution in [0.2, 0.25) is 35.7 Å². The van der Waals surface area contributed by atoms with Gasteiger partial charge in [0.2, 0.25) is 0 Å². The van der Waals surface area contributed by atoms with Crippen LogP contribution in [0.4, 0.5) is 0 Å². The van der Waals surface area contributed by atoms with Gasteiger partial charge in [0, 0.05) is 23.9 Å². The lowest BCUT2D eigenvalue weighted by Gasteiger charge is -2.15. The highest BCUT2D eigenvalue weighted by atomic mass is 35.5. The van der Waals surface area contributed by atoms with Crippen LogP contribution in [0.1, 0.15) is 5.56 Å². The molecule has 0 aliphatic carbocycles. The van der Waals surface area contributed by atoms with Gasteiger partial charge in [-0.25, -0.2) is 0 Å². The van der Waals surface area contributed by atoms with E-state index in [0.29, 0.717) is 0 Å². The van der Waals surface area contributed by atoms with E-state index in [1.165, 1.54) is 11.8 Å². The maximum absolute atomic E-state index is 6.10. The van der Waals surface area contributed by atoms with Gasteiger partial charge in [-0.05, 0) is 35.6 Å². The van der Waals surface area contributed by atoms with Crippen LogP contribution >= 0.6 is 35.0 Å². The average Bonchev–Trinajstić information content (AvgIpc) is 2.16. The monoisotopic (exact) mass is 292 g/mol. The average molecular weight is 293 g/mol. The van der Waals surface area contributed by atoms with E-state index in [1.807, 2.05) is 30.0 Å². The minimum Gasteiger partial charge on any atom is -0.157 e. The second kappa shape index (κ2) is 6.34. The van der Waals surface area contributed by atoms with Gasteiger partial charge in [-0.3, -0.25) is 0 Å². The number of benzene rings is 1. The van der Waals surface area contributed by atoms with Crippen LogP contribution in [-0.4, -0.2) is 13.8 Å². The Balaban J connectivity index is 2.40. The molecule has 90 valence electrons. The highest BCUT2D eigenvalue weighted by Crippen LogP contribution is 2.25. The molecule has 16 heavy (non-hydrogen) atoms. The molecule has 0 N–H and O–H groups in total. The molecule has 0 bridgehead atoms. The normalized spacial score (nSPS) is 11.8. The van der Waals surface area contributed by atoms with E-state index in [4.69, 9.17) is 23.2 Å². The SMILES string of the molecule is C[Si](C)(C)CCSCc1cc(Cl)ccc1Cl. The van der Waals surface area contributed by atoms with Gasteiger partial charge in [0.15, 0.2) is 0 Å². The van der Waals surface area contributed by atoms with Crippen LogP contribution < -0.4 is 0 Å². The summed E-state index contributed by atoms with van der Waals surface area (Å²) in [6, 6.07) is 7.03. The van der Waals surface area contributed by atoms with E-state index in [-0.39, 0.29) is 0 Å². The Labute approximate surface area is 114 Å². The first-order valence-electron chi connectivity index (χ1n) is 5.40. The van der Waals surface area contributed by atoms with Crippen molar-refractivity contribution >= 4 is 43.0 Å². The number of rotatable bonds is 5. The van der Waals surface area contributed by atoms with Gasteiger partial charge in [0.25, 0.3) is 0 Å². The Morgan fingerprint density at radius 2 is 1.88 bits per heavy atom. The summed E-state index contributed by atoms with van der Waals surface area (Å²) >= 11 is 14.0. The fraction of sp³-hybridized carbons (Fsp3) is 0.500. The standard InChI is InChI=1S/C12H18Cl2SSi/c1-16(2,3)7-6-15-9-10-8-11(13)4-5-12(10)14/h4-5,8H,6-7,9H2,1-3H3. The molecule has 1 rings (SSSR count). The van der Waals surface area contributed by atoms with Crippen molar-refractivity contribution in [2.45, 2.75) is 31.4 Å². The van der Waals surface area contributed by atoms with Crippen molar-refractivity contribution in [2.24, 2.45) is 0 Å². The Morgan fingerprint density at radius 1 is 1.19 bits per heavy atom. The fourth-order valence-corrected chi connectivity index (χ4v) is 5.30. The van der Waals surface area contributed by atoms with Crippen molar-refractivity contribution < 1.29 is 0 Å². The molecule has 0 nitrogen and oxygen atoms in total. The molecule has 0 atom stereocenters. The Bertz CT molecular complexity index is 347. The summed E-state index contributed by atoms with van der Waals surface area (Å²) in [6.45, 7) is 7.21. The minimum atomic E-state index is -0.900. The zero-order valence-corrected chi connectivity index (χ0v) is 13.3. The van der Waals surface area contributed by atoms with Crippen LogP contribution in [0.5, 0.6) is 0 Å². The summed E-state index contributed by atoms with van der Waals surface area (Å²) in [7, 11) is -0.900. The Kier molecular flexibility index (Phi) is 5.72. The summed E-state index contributed by atoms with van der Waals surface area (Å²) in [5, 5.41) is 1.59. The molecule has 0 unspecified atom stereocenters. The summed E-state index contributed by atoms with van der Waals surface area (Å²) in [5.41, 5.74) is 1.15. The smallest absolute Gasteiger partial charge is 0.0450 e. The van der Waals surface area contributed by atoms with Crippen molar-refractivity contribution in [1.82, 2.24) is 0 Å². The fourth-order valence-electron chi connectivity index (χ4n) is 1.21. The molecule has 0 aliphatic heterocycles. The van der Waals surface area contributed by atoms with Gasteiger partial charge in [0.1, 0.15) is 0 Å². The summed E-state index contributed by atoms with van der Waals surface area (Å²) in [4.78, 5) is 0. The molecular formula is C12H18Cl2SSi. The number of halogens is 2. The predicted octanol–water partition coefficient (Wildman–Crippen LogP) is 5.56. The van der Waals surface area contributed by atoms with Crippen LogP contribution in [0.3, 0.4) is 0 Å². The zero-order chi connectivity index (χ0) is 12.2. The Morgan fingerprint density at radius 3 is 2.50 bits per heavy atom. The molecule has 0 radical (unpaired) electrons. The van der Waals surface area contributed by atoms with E-state index >= 15 is 0 Å². The lowest BCUT2D eigenvalue weighted by Crippen LogP contribution is -2.19. The van der Waals surface area contributed by atoms with Crippen molar-refractivity contribution in [3.05, 3.63) is 33.8 Å². The second-order valence-corrected chi connectivity index (χ2v) is 12.7. The van der Waals surface area contributed by atoms with E-state index in [0.717, 1.165) is 21.4 Å². The first kappa shape index (κ1) is 14.4. The molecule has 1 aromatic carbocycles. The van der Waals surface area contributed by atoms with Gasteiger partial charge in [0.05, 0.1) is 0 Å². The molecular weight excluding hydrogens is 275 g/mol.